The lowest BCUT2D eigenvalue weighted by atomic mass is 10.2. The van der Waals surface area contributed by atoms with Crippen LogP contribution < -0.4 is 14.2 Å². The van der Waals surface area contributed by atoms with E-state index in [1.165, 1.54) is 0 Å². The van der Waals surface area contributed by atoms with Gasteiger partial charge in [0.15, 0.2) is 11.5 Å². The van der Waals surface area contributed by atoms with Gasteiger partial charge in [0.25, 0.3) is 0 Å². The van der Waals surface area contributed by atoms with Gasteiger partial charge in [0.05, 0.1) is 27.0 Å². The van der Waals surface area contributed by atoms with Gasteiger partial charge in [-0.15, -0.1) is 11.3 Å². The lowest BCUT2D eigenvalue weighted by molar-refractivity contribution is 0.307. The first kappa shape index (κ1) is 20.5. The summed E-state index contributed by atoms with van der Waals surface area (Å²) >= 11 is 7.74. The molecule has 0 saturated carbocycles. The second-order valence-corrected chi connectivity index (χ2v) is 7.64. The number of rotatable bonds is 8. The molecule has 3 rings (SSSR count). The van der Waals surface area contributed by atoms with Crippen molar-refractivity contribution < 1.29 is 14.2 Å². The Morgan fingerprint density at radius 1 is 0.929 bits per heavy atom. The quantitative estimate of drug-likeness (QED) is 0.508. The van der Waals surface area contributed by atoms with E-state index in [4.69, 9.17) is 30.8 Å². The molecular weight excluding hydrogens is 396 g/mol. The van der Waals surface area contributed by atoms with E-state index >= 15 is 0 Å². The zero-order valence-corrected chi connectivity index (χ0v) is 17.9. The van der Waals surface area contributed by atoms with Crippen LogP contribution >= 0.6 is 22.9 Å². The highest BCUT2D eigenvalue weighted by atomic mass is 35.5. The summed E-state index contributed by atoms with van der Waals surface area (Å²) in [6, 6.07) is 11.5. The van der Waals surface area contributed by atoms with Crippen molar-refractivity contribution in [1.29, 1.82) is 0 Å². The number of halogens is 1. The van der Waals surface area contributed by atoms with E-state index in [9.17, 15) is 0 Å². The fourth-order valence-corrected chi connectivity index (χ4v) is 3.98. The smallest absolute Gasteiger partial charge is 0.161 e. The molecule has 1 aromatic heterocycles. The van der Waals surface area contributed by atoms with Crippen LogP contribution in [0, 0.1) is 0 Å². The Bertz CT molecular complexity index is 945. The average Bonchev–Trinajstić information content (AvgIpc) is 3.15. The number of nitrogens with zero attached hydrogens (tertiary/aromatic N) is 2. The zero-order valence-electron chi connectivity index (χ0n) is 16.4. The first-order valence-corrected chi connectivity index (χ1v) is 9.97. The fraction of sp³-hybridized carbons (Fsp3) is 0.286. The molecule has 0 saturated heterocycles. The Kier molecular flexibility index (Phi) is 6.78. The predicted molar refractivity (Wildman–Crippen MR) is 114 cm³/mol. The van der Waals surface area contributed by atoms with Crippen molar-refractivity contribution in [1.82, 2.24) is 9.88 Å². The van der Waals surface area contributed by atoms with Crippen molar-refractivity contribution in [3.63, 3.8) is 0 Å². The Morgan fingerprint density at radius 2 is 1.64 bits per heavy atom. The number of aromatic nitrogens is 1. The van der Waals surface area contributed by atoms with E-state index in [-0.39, 0.29) is 0 Å². The van der Waals surface area contributed by atoms with Crippen molar-refractivity contribution in [3.8, 4) is 27.8 Å². The number of benzene rings is 2. The molecule has 28 heavy (non-hydrogen) atoms. The summed E-state index contributed by atoms with van der Waals surface area (Å²) < 4.78 is 16.1. The molecule has 0 aliphatic carbocycles. The second-order valence-electron chi connectivity index (χ2n) is 6.34. The lowest BCUT2D eigenvalue weighted by Crippen LogP contribution is -2.18. The van der Waals surface area contributed by atoms with Crippen molar-refractivity contribution in [2.24, 2.45) is 0 Å². The maximum Gasteiger partial charge on any atom is 0.161 e. The van der Waals surface area contributed by atoms with E-state index in [1.807, 2.05) is 36.4 Å². The van der Waals surface area contributed by atoms with Gasteiger partial charge in [0.1, 0.15) is 10.8 Å². The highest BCUT2D eigenvalue weighted by molar-refractivity contribution is 7.13. The molecule has 0 atom stereocenters. The molecule has 5 nitrogen and oxygen atoms in total. The Morgan fingerprint density at radius 3 is 2.36 bits per heavy atom. The SMILES string of the molecule is COc1ccc(Cl)cc1CN(C)Cc1csc(-c2ccc(OC)c(OC)c2)n1. The van der Waals surface area contributed by atoms with Gasteiger partial charge in [0.2, 0.25) is 0 Å². The van der Waals surface area contributed by atoms with Crippen molar-refractivity contribution in [3.05, 3.63) is 58.1 Å². The zero-order chi connectivity index (χ0) is 20.1. The number of ether oxygens (including phenoxy) is 3. The van der Waals surface area contributed by atoms with Gasteiger partial charge in [-0.1, -0.05) is 11.6 Å². The minimum atomic E-state index is 0.696. The molecular formula is C21H23ClN2O3S. The van der Waals surface area contributed by atoms with Crippen LogP contribution in [0.4, 0.5) is 0 Å². The van der Waals surface area contributed by atoms with Gasteiger partial charge in [-0.25, -0.2) is 4.98 Å². The second kappa shape index (κ2) is 9.28. The number of hydrogen-bond acceptors (Lipinski definition) is 6. The van der Waals surface area contributed by atoms with Crippen molar-refractivity contribution in [2.75, 3.05) is 28.4 Å². The molecule has 2 aromatic carbocycles. The van der Waals surface area contributed by atoms with E-state index in [1.54, 1.807) is 32.7 Å². The van der Waals surface area contributed by atoms with Gasteiger partial charge in [-0.2, -0.15) is 0 Å². The molecule has 1 heterocycles. The predicted octanol–water partition coefficient (Wildman–Crippen LogP) is 5.12. The van der Waals surface area contributed by atoms with E-state index in [0.29, 0.717) is 23.1 Å². The Hall–Kier alpha value is -2.28. The summed E-state index contributed by atoms with van der Waals surface area (Å²) in [4.78, 5) is 6.96. The highest BCUT2D eigenvalue weighted by Gasteiger charge is 2.12. The Labute approximate surface area is 174 Å². The number of hydrogen-bond donors (Lipinski definition) is 0. The molecule has 0 amide bonds. The first-order chi connectivity index (χ1) is 13.5. The van der Waals surface area contributed by atoms with E-state index in [2.05, 4.69) is 17.3 Å². The van der Waals surface area contributed by atoms with Crippen LogP contribution in [-0.4, -0.2) is 38.3 Å². The lowest BCUT2D eigenvalue weighted by Gasteiger charge is -2.17. The van der Waals surface area contributed by atoms with E-state index < -0.39 is 0 Å². The molecule has 0 bridgehead atoms. The van der Waals surface area contributed by atoms with Crippen molar-refractivity contribution in [2.45, 2.75) is 13.1 Å². The third kappa shape index (κ3) is 4.76. The molecule has 3 aromatic rings. The van der Waals surface area contributed by atoms with Crippen LogP contribution in [0.15, 0.2) is 41.8 Å². The van der Waals surface area contributed by atoms with Crippen LogP contribution in [0.25, 0.3) is 10.6 Å². The molecule has 148 valence electrons. The van der Waals surface area contributed by atoms with E-state index in [0.717, 1.165) is 34.1 Å². The Balaban J connectivity index is 1.72. The molecule has 0 aliphatic rings. The van der Waals surface area contributed by atoms with Gasteiger partial charge in [0, 0.05) is 34.6 Å². The maximum absolute atomic E-state index is 6.13. The molecule has 0 unspecified atom stereocenters. The third-order valence-electron chi connectivity index (χ3n) is 4.30. The maximum atomic E-state index is 6.13. The van der Waals surface area contributed by atoms with Crippen LogP contribution in [-0.2, 0) is 13.1 Å². The largest absolute Gasteiger partial charge is 0.496 e. The van der Waals surface area contributed by atoms with Crippen LogP contribution in [0.5, 0.6) is 17.2 Å². The van der Waals surface area contributed by atoms with Crippen LogP contribution in [0.2, 0.25) is 5.02 Å². The van der Waals surface area contributed by atoms with Gasteiger partial charge in [-0.05, 0) is 43.4 Å². The van der Waals surface area contributed by atoms with Crippen LogP contribution in [0.3, 0.4) is 0 Å². The van der Waals surface area contributed by atoms with Gasteiger partial charge < -0.3 is 14.2 Å². The van der Waals surface area contributed by atoms with Crippen LogP contribution in [0.1, 0.15) is 11.3 Å². The summed E-state index contributed by atoms with van der Waals surface area (Å²) in [7, 11) is 6.98. The average molecular weight is 419 g/mol. The summed E-state index contributed by atoms with van der Waals surface area (Å²) in [6.45, 7) is 1.44. The minimum absolute atomic E-state index is 0.696. The molecule has 0 spiro atoms. The summed E-state index contributed by atoms with van der Waals surface area (Å²) in [5, 5.41) is 3.73. The molecule has 7 heteroatoms. The molecule has 0 N–H and O–H groups in total. The summed E-state index contributed by atoms with van der Waals surface area (Å²) in [6.07, 6.45) is 0. The third-order valence-corrected chi connectivity index (χ3v) is 5.47. The highest BCUT2D eigenvalue weighted by Crippen LogP contribution is 2.33. The minimum Gasteiger partial charge on any atom is -0.496 e. The summed E-state index contributed by atoms with van der Waals surface area (Å²) in [5.41, 5.74) is 3.07. The monoisotopic (exact) mass is 418 g/mol. The van der Waals surface area contributed by atoms with Crippen molar-refractivity contribution >= 4 is 22.9 Å². The number of methoxy groups -OCH3 is 3. The number of thiazole rings is 1. The summed E-state index contributed by atoms with van der Waals surface area (Å²) in [5.74, 6) is 2.24. The standard InChI is InChI=1S/C21H23ClN2O3S/c1-24(11-15-9-16(22)6-8-18(15)25-2)12-17-13-28-21(23-17)14-5-7-19(26-3)20(10-14)27-4/h5-10,13H,11-12H2,1-4H3. The molecule has 0 radical (unpaired) electrons. The fourth-order valence-electron chi connectivity index (χ4n) is 2.98. The molecule has 0 fully saturated rings. The van der Waals surface area contributed by atoms with Gasteiger partial charge in [-0.3, -0.25) is 4.90 Å². The topological polar surface area (TPSA) is 43.8 Å². The first-order valence-electron chi connectivity index (χ1n) is 8.71. The normalized spacial score (nSPS) is 10.9. The van der Waals surface area contributed by atoms with Gasteiger partial charge >= 0.3 is 0 Å². The molecule has 0 aliphatic heterocycles.